The monoisotopic (exact) mass is 337 g/mol. The van der Waals surface area contributed by atoms with Crippen molar-refractivity contribution in [1.29, 1.82) is 0 Å². The molecule has 1 aromatic rings. The molecule has 0 radical (unpaired) electrons. The molecule has 0 aliphatic rings. The lowest BCUT2D eigenvalue weighted by atomic mass is 10.0. The zero-order chi connectivity index (χ0) is 11.6. The molecule has 0 saturated carbocycles. The van der Waals surface area contributed by atoms with Gasteiger partial charge in [-0.25, -0.2) is 0 Å². The van der Waals surface area contributed by atoms with Gasteiger partial charge in [-0.3, -0.25) is 0 Å². The summed E-state index contributed by atoms with van der Waals surface area (Å²) < 4.78 is 36.7. The highest BCUT2D eigenvalue weighted by atomic mass is 79.9. The second-order valence-corrected chi connectivity index (χ2v) is 4.36. The summed E-state index contributed by atoms with van der Waals surface area (Å²) in [6.45, 7) is 0. The second kappa shape index (κ2) is 6.10. The van der Waals surface area contributed by atoms with Gasteiger partial charge in [-0.2, -0.15) is 13.2 Å². The highest BCUT2D eigenvalue weighted by Crippen LogP contribution is 2.31. The van der Waals surface area contributed by atoms with Gasteiger partial charge in [0, 0.05) is 10.5 Å². The van der Waals surface area contributed by atoms with E-state index in [-0.39, 0.29) is 12.4 Å². The Balaban J connectivity index is 0.00000225. The maximum atomic E-state index is 12.1. The minimum atomic E-state index is -4.26. The van der Waals surface area contributed by atoms with Crippen LogP contribution in [0.4, 0.5) is 13.2 Å². The largest absolute Gasteiger partial charge is 0.390 e. The van der Waals surface area contributed by atoms with Gasteiger partial charge in [-0.1, -0.05) is 17.7 Å². The molecule has 1 nitrogen and oxygen atoms in total. The Kier molecular flexibility index (Phi) is 6.11. The van der Waals surface area contributed by atoms with Crippen molar-refractivity contribution in [3.63, 3.8) is 0 Å². The van der Waals surface area contributed by atoms with Crippen LogP contribution in [-0.2, 0) is 0 Å². The van der Waals surface area contributed by atoms with E-state index >= 15 is 0 Å². The summed E-state index contributed by atoms with van der Waals surface area (Å²) in [5.74, 6) is 0. The molecular formula is C9H9BrCl2F3N. The maximum absolute atomic E-state index is 12.1. The Labute approximate surface area is 111 Å². The van der Waals surface area contributed by atoms with E-state index in [0.717, 1.165) is 0 Å². The van der Waals surface area contributed by atoms with Gasteiger partial charge in [0.15, 0.2) is 0 Å². The lowest BCUT2D eigenvalue weighted by molar-refractivity contribution is -0.138. The third kappa shape index (κ3) is 4.91. The van der Waals surface area contributed by atoms with E-state index in [9.17, 15) is 13.2 Å². The first-order valence-electron chi connectivity index (χ1n) is 4.07. The standard InChI is InChI=1S/C9H8BrClF3N.ClH/c10-6-3-5(1-2-7(6)11)8(15)4-9(12,13)14;/h1-3,8H,4,15H2;1H/t8-;/m0./s1. The molecular weight excluding hydrogens is 330 g/mol. The van der Waals surface area contributed by atoms with Crippen LogP contribution in [0.15, 0.2) is 22.7 Å². The molecule has 0 bridgehead atoms. The molecule has 1 rings (SSSR count). The van der Waals surface area contributed by atoms with Crippen LogP contribution in [0.3, 0.4) is 0 Å². The molecule has 0 unspecified atom stereocenters. The molecule has 0 fully saturated rings. The summed E-state index contributed by atoms with van der Waals surface area (Å²) in [4.78, 5) is 0. The van der Waals surface area contributed by atoms with Crippen LogP contribution in [0.25, 0.3) is 0 Å². The Bertz CT molecular complexity index is 357. The molecule has 0 aliphatic heterocycles. The Hall–Kier alpha value is 0.0300. The predicted molar refractivity (Wildman–Crippen MR) is 64.0 cm³/mol. The normalized spacial score (nSPS) is 13.1. The third-order valence-corrected chi connectivity index (χ3v) is 3.04. The van der Waals surface area contributed by atoms with Crippen molar-refractivity contribution in [3.05, 3.63) is 33.3 Å². The van der Waals surface area contributed by atoms with E-state index < -0.39 is 18.6 Å². The quantitative estimate of drug-likeness (QED) is 0.845. The summed E-state index contributed by atoms with van der Waals surface area (Å²) in [6, 6.07) is 3.44. The molecule has 1 aromatic carbocycles. The van der Waals surface area contributed by atoms with Crippen LogP contribution in [0.5, 0.6) is 0 Å². The molecule has 0 saturated heterocycles. The molecule has 92 valence electrons. The molecule has 16 heavy (non-hydrogen) atoms. The van der Waals surface area contributed by atoms with Crippen molar-refractivity contribution in [3.8, 4) is 0 Å². The topological polar surface area (TPSA) is 26.0 Å². The number of alkyl halides is 3. The smallest absolute Gasteiger partial charge is 0.324 e. The first-order valence-corrected chi connectivity index (χ1v) is 5.24. The lowest BCUT2D eigenvalue weighted by Crippen LogP contribution is -2.20. The van der Waals surface area contributed by atoms with Gasteiger partial charge in [0.2, 0.25) is 0 Å². The highest BCUT2D eigenvalue weighted by molar-refractivity contribution is 9.10. The molecule has 7 heteroatoms. The maximum Gasteiger partial charge on any atom is 0.390 e. The van der Waals surface area contributed by atoms with Crippen molar-refractivity contribution in [1.82, 2.24) is 0 Å². The number of halogens is 6. The zero-order valence-corrected chi connectivity index (χ0v) is 11.1. The number of nitrogens with two attached hydrogens (primary N) is 1. The molecule has 2 N–H and O–H groups in total. The lowest BCUT2D eigenvalue weighted by Gasteiger charge is -2.14. The van der Waals surface area contributed by atoms with E-state index in [1.165, 1.54) is 18.2 Å². The van der Waals surface area contributed by atoms with Crippen LogP contribution in [0.1, 0.15) is 18.0 Å². The first-order chi connectivity index (χ1) is 6.79. The molecule has 1 atom stereocenters. The average molecular weight is 339 g/mol. The van der Waals surface area contributed by atoms with Gasteiger partial charge in [-0.15, -0.1) is 12.4 Å². The minimum absolute atomic E-state index is 0. The van der Waals surface area contributed by atoms with Crippen LogP contribution >= 0.6 is 39.9 Å². The van der Waals surface area contributed by atoms with Gasteiger partial charge in [-0.05, 0) is 33.6 Å². The van der Waals surface area contributed by atoms with E-state index in [1.807, 2.05) is 0 Å². The van der Waals surface area contributed by atoms with Gasteiger partial charge < -0.3 is 5.73 Å². The first kappa shape index (κ1) is 16.0. The van der Waals surface area contributed by atoms with Gasteiger partial charge >= 0.3 is 6.18 Å². The van der Waals surface area contributed by atoms with Crippen molar-refractivity contribution in [2.75, 3.05) is 0 Å². The number of hydrogen-bond donors (Lipinski definition) is 1. The average Bonchev–Trinajstić information content (AvgIpc) is 2.06. The number of rotatable bonds is 2. The highest BCUT2D eigenvalue weighted by Gasteiger charge is 2.30. The van der Waals surface area contributed by atoms with Gasteiger partial charge in [0.25, 0.3) is 0 Å². The molecule has 0 heterocycles. The van der Waals surface area contributed by atoms with Crippen LogP contribution < -0.4 is 5.73 Å². The summed E-state index contributed by atoms with van der Waals surface area (Å²) in [5.41, 5.74) is 5.82. The van der Waals surface area contributed by atoms with Crippen LogP contribution in [0.2, 0.25) is 5.02 Å². The Morgan fingerprint density at radius 1 is 1.38 bits per heavy atom. The fraction of sp³-hybridized carbons (Fsp3) is 0.333. The van der Waals surface area contributed by atoms with Crippen molar-refractivity contribution in [2.24, 2.45) is 5.73 Å². The van der Waals surface area contributed by atoms with Crippen molar-refractivity contribution >= 4 is 39.9 Å². The fourth-order valence-electron chi connectivity index (χ4n) is 1.11. The van der Waals surface area contributed by atoms with E-state index in [2.05, 4.69) is 15.9 Å². The second-order valence-electron chi connectivity index (χ2n) is 3.10. The summed E-state index contributed by atoms with van der Waals surface area (Å²) >= 11 is 8.83. The molecule has 0 aromatic heterocycles. The summed E-state index contributed by atoms with van der Waals surface area (Å²) in [7, 11) is 0. The van der Waals surface area contributed by atoms with E-state index in [1.54, 1.807) is 0 Å². The minimum Gasteiger partial charge on any atom is -0.324 e. The number of hydrogen-bond acceptors (Lipinski definition) is 1. The van der Waals surface area contributed by atoms with Crippen molar-refractivity contribution in [2.45, 2.75) is 18.6 Å². The summed E-state index contributed by atoms with van der Waals surface area (Å²) in [6.07, 6.45) is -5.30. The van der Waals surface area contributed by atoms with Crippen molar-refractivity contribution < 1.29 is 13.2 Å². The summed E-state index contributed by atoms with van der Waals surface area (Å²) in [5, 5.41) is 0.443. The molecule has 0 amide bonds. The fourth-order valence-corrected chi connectivity index (χ4v) is 1.62. The third-order valence-electron chi connectivity index (χ3n) is 1.82. The predicted octanol–water partition coefficient (Wildman–Crippen LogP) is 4.48. The van der Waals surface area contributed by atoms with E-state index in [0.29, 0.717) is 15.1 Å². The van der Waals surface area contributed by atoms with Crippen LogP contribution in [-0.4, -0.2) is 6.18 Å². The van der Waals surface area contributed by atoms with Gasteiger partial charge in [0.05, 0.1) is 11.4 Å². The van der Waals surface area contributed by atoms with Crippen LogP contribution in [0, 0.1) is 0 Å². The SMILES string of the molecule is Cl.N[C@@H](CC(F)(F)F)c1ccc(Cl)c(Br)c1. The molecule has 0 spiro atoms. The van der Waals surface area contributed by atoms with E-state index in [4.69, 9.17) is 17.3 Å². The zero-order valence-electron chi connectivity index (χ0n) is 7.89. The van der Waals surface area contributed by atoms with Gasteiger partial charge in [0.1, 0.15) is 0 Å². The Morgan fingerprint density at radius 3 is 2.38 bits per heavy atom. The number of benzene rings is 1. The molecule has 0 aliphatic carbocycles. The Morgan fingerprint density at radius 2 is 1.94 bits per heavy atom.